The van der Waals surface area contributed by atoms with Gasteiger partial charge in [0.2, 0.25) is 5.69 Å². The summed E-state index contributed by atoms with van der Waals surface area (Å²) in [5.41, 5.74) is 5.94. The van der Waals surface area contributed by atoms with Gasteiger partial charge in [-0.1, -0.05) is 103 Å². The molecule has 0 saturated carbocycles. The second-order valence-corrected chi connectivity index (χ2v) is 10.1. The SMILES string of the molecule is CC1=[N+](CCC(=O)O)c2c(c3ccccc3c3ccccc23)C1(Cc1ccccc1)Cc1ccccc1. The Bertz CT molecular complexity index is 1610. The number of benzene rings is 5. The van der Waals surface area contributed by atoms with Gasteiger partial charge in [-0.2, -0.15) is 4.58 Å². The Labute approximate surface area is 217 Å². The smallest absolute Gasteiger partial charge is 0.309 e. The minimum absolute atomic E-state index is 0.0880. The average molecular weight is 485 g/mol. The van der Waals surface area contributed by atoms with Crippen LogP contribution in [0, 0.1) is 0 Å². The Balaban J connectivity index is 1.73. The van der Waals surface area contributed by atoms with Crippen LogP contribution in [0.2, 0.25) is 0 Å². The molecule has 1 aliphatic heterocycles. The molecule has 1 N–H and O–H groups in total. The topological polar surface area (TPSA) is 40.3 Å². The van der Waals surface area contributed by atoms with Crippen molar-refractivity contribution in [2.24, 2.45) is 0 Å². The highest BCUT2D eigenvalue weighted by molar-refractivity contribution is 6.17. The molecule has 0 aliphatic carbocycles. The highest BCUT2D eigenvalue weighted by atomic mass is 16.4. The number of nitrogens with zero attached hydrogens (tertiary/aromatic N) is 1. The molecular formula is C34H30NO2+. The number of carboxylic acids is 1. The third-order valence-electron chi connectivity index (χ3n) is 8.00. The number of carboxylic acid groups (broad SMARTS) is 1. The number of aliphatic carboxylic acids is 1. The Kier molecular flexibility index (Phi) is 5.84. The molecule has 0 aromatic heterocycles. The summed E-state index contributed by atoms with van der Waals surface area (Å²) in [6.07, 6.45) is 1.77. The van der Waals surface area contributed by atoms with Gasteiger partial charge in [0.25, 0.3) is 0 Å². The van der Waals surface area contributed by atoms with E-state index in [1.165, 1.54) is 49.6 Å². The molecule has 5 aromatic rings. The fourth-order valence-electron chi connectivity index (χ4n) is 6.37. The third kappa shape index (κ3) is 3.92. The summed E-state index contributed by atoms with van der Waals surface area (Å²) in [6, 6.07) is 38.7. The Hall–Kier alpha value is -4.24. The lowest BCUT2D eigenvalue weighted by Crippen LogP contribution is -2.39. The zero-order valence-corrected chi connectivity index (χ0v) is 21.0. The molecule has 0 unspecified atom stereocenters. The fourth-order valence-corrected chi connectivity index (χ4v) is 6.37. The van der Waals surface area contributed by atoms with Crippen LogP contribution in [0.3, 0.4) is 0 Å². The molecule has 0 spiro atoms. The van der Waals surface area contributed by atoms with E-state index in [1.54, 1.807) is 0 Å². The monoisotopic (exact) mass is 484 g/mol. The molecule has 0 amide bonds. The lowest BCUT2D eigenvalue weighted by Gasteiger charge is -2.29. The van der Waals surface area contributed by atoms with E-state index in [1.807, 2.05) is 0 Å². The van der Waals surface area contributed by atoms with Crippen LogP contribution in [-0.2, 0) is 23.1 Å². The van der Waals surface area contributed by atoms with Crippen molar-refractivity contribution in [3.63, 3.8) is 0 Å². The van der Waals surface area contributed by atoms with Crippen LogP contribution in [0.5, 0.6) is 0 Å². The Morgan fingerprint density at radius 3 is 1.68 bits per heavy atom. The van der Waals surface area contributed by atoms with Crippen molar-refractivity contribution in [3.05, 3.63) is 126 Å². The summed E-state index contributed by atoms with van der Waals surface area (Å²) in [4.78, 5) is 11.8. The average Bonchev–Trinajstić information content (AvgIpc) is 3.16. The van der Waals surface area contributed by atoms with E-state index in [4.69, 9.17) is 0 Å². The standard InChI is InChI=1S/C34H29NO2/c1-24-34(22-25-12-4-2-5-13-25,23-26-14-6-3-7-15-26)32-29-18-10-8-16-27(29)28-17-9-11-19-30(28)33(32)35(24)21-20-31(36)37/h2-19H,20-23H2,1H3/p+1. The maximum atomic E-state index is 11.8. The van der Waals surface area contributed by atoms with E-state index in [0.717, 1.165) is 12.8 Å². The minimum atomic E-state index is -0.775. The predicted molar refractivity (Wildman–Crippen MR) is 151 cm³/mol. The van der Waals surface area contributed by atoms with Gasteiger partial charge < -0.3 is 5.11 Å². The van der Waals surface area contributed by atoms with E-state index in [-0.39, 0.29) is 11.8 Å². The first-order valence-electron chi connectivity index (χ1n) is 12.9. The third-order valence-corrected chi connectivity index (χ3v) is 8.00. The van der Waals surface area contributed by atoms with E-state index >= 15 is 0 Å². The van der Waals surface area contributed by atoms with Crippen LogP contribution < -0.4 is 0 Å². The van der Waals surface area contributed by atoms with Gasteiger partial charge in [-0.05, 0) is 46.2 Å². The van der Waals surface area contributed by atoms with Crippen molar-refractivity contribution < 1.29 is 14.5 Å². The van der Waals surface area contributed by atoms with Crippen molar-refractivity contribution in [2.75, 3.05) is 6.54 Å². The quantitative estimate of drug-likeness (QED) is 0.194. The Morgan fingerprint density at radius 1 is 0.676 bits per heavy atom. The molecule has 37 heavy (non-hydrogen) atoms. The van der Waals surface area contributed by atoms with Crippen molar-refractivity contribution in [1.82, 2.24) is 0 Å². The van der Waals surface area contributed by atoms with Crippen LogP contribution >= 0.6 is 0 Å². The fraction of sp³-hybridized carbons (Fsp3) is 0.176. The summed E-state index contributed by atoms with van der Waals surface area (Å²) < 4.78 is 2.31. The van der Waals surface area contributed by atoms with Crippen molar-refractivity contribution in [3.8, 4) is 0 Å². The molecule has 1 heterocycles. The first kappa shape index (κ1) is 23.2. The molecule has 3 heteroatoms. The predicted octanol–water partition coefficient (Wildman–Crippen LogP) is 7.31. The number of fused-ring (bicyclic) bond motifs is 6. The zero-order chi connectivity index (χ0) is 25.4. The molecule has 0 atom stereocenters. The van der Waals surface area contributed by atoms with E-state index in [0.29, 0.717) is 6.54 Å². The van der Waals surface area contributed by atoms with Gasteiger partial charge in [-0.15, -0.1) is 0 Å². The van der Waals surface area contributed by atoms with Crippen LogP contribution in [0.1, 0.15) is 30.0 Å². The lowest BCUT2D eigenvalue weighted by molar-refractivity contribution is -0.436. The summed E-state index contributed by atoms with van der Waals surface area (Å²) >= 11 is 0. The number of hydrogen-bond donors (Lipinski definition) is 1. The normalized spacial score (nSPS) is 14.3. The maximum Gasteiger partial charge on any atom is 0.309 e. The van der Waals surface area contributed by atoms with Gasteiger partial charge in [-0.3, -0.25) is 4.79 Å². The lowest BCUT2D eigenvalue weighted by atomic mass is 9.68. The molecule has 0 bridgehead atoms. The number of rotatable bonds is 7. The van der Waals surface area contributed by atoms with Crippen molar-refractivity contribution >= 4 is 38.9 Å². The zero-order valence-electron chi connectivity index (χ0n) is 21.0. The Morgan fingerprint density at radius 2 is 1.14 bits per heavy atom. The van der Waals surface area contributed by atoms with E-state index in [2.05, 4.69) is 121 Å². The number of carbonyl (C=O) groups is 1. The molecule has 5 aromatic carbocycles. The van der Waals surface area contributed by atoms with E-state index in [9.17, 15) is 9.90 Å². The van der Waals surface area contributed by atoms with Crippen LogP contribution in [0.4, 0.5) is 5.69 Å². The minimum Gasteiger partial charge on any atom is -0.481 e. The summed E-state index contributed by atoms with van der Waals surface area (Å²) in [6.45, 7) is 2.67. The second-order valence-electron chi connectivity index (χ2n) is 10.1. The highest BCUT2D eigenvalue weighted by Crippen LogP contribution is 2.51. The van der Waals surface area contributed by atoms with Crippen molar-refractivity contribution in [1.29, 1.82) is 0 Å². The molecular weight excluding hydrogens is 454 g/mol. The summed E-state index contributed by atoms with van der Waals surface area (Å²) in [5, 5.41) is 14.5. The largest absolute Gasteiger partial charge is 0.481 e. The molecule has 3 nitrogen and oxygen atoms in total. The highest BCUT2D eigenvalue weighted by Gasteiger charge is 2.52. The van der Waals surface area contributed by atoms with E-state index < -0.39 is 5.97 Å². The van der Waals surface area contributed by atoms with Crippen molar-refractivity contribution in [2.45, 2.75) is 31.6 Å². The van der Waals surface area contributed by atoms with Gasteiger partial charge in [0.05, 0.1) is 10.8 Å². The van der Waals surface area contributed by atoms with Crippen LogP contribution in [0.25, 0.3) is 21.5 Å². The molecule has 0 radical (unpaired) electrons. The van der Waals surface area contributed by atoms with Gasteiger partial charge >= 0.3 is 5.97 Å². The summed E-state index contributed by atoms with van der Waals surface area (Å²) in [5.74, 6) is -0.775. The van der Waals surface area contributed by atoms with Crippen LogP contribution in [0.15, 0.2) is 109 Å². The number of hydrogen-bond acceptors (Lipinski definition) is 1. The first-order valence-corrected chi connectivity index (χ1v) is 12.9. The van der Waals surface area contributed by atoms with Gasteiger partial charge in [0.1, 0.15) is 6.42 Å². The molecule has 1 aliphatic rings. The molecule has 0 fully saturated rings. The molecule has 6 rings (SSSR count). The summed E-state index contributed by atoms with van der Waals surface area (Å²) in [7, 11) is 0. The first-order chi connectivity index (χ1) is 18.1. The van der Waals surface area contributed by atoms with Crippen LogP contribution in [-0.4, -0.2) is 27.9 Å². The van der Waals surface area contributed by atoms with Gasteiger partial charge in [0, 0.05) is 12.5 Å². The maximum absolute atomic E-state index is 11.8. The van der Waals surface area contributed by atoms with Gasteiger partial charge in [-0.25, -0.2) is 0 Å². The molecule has 182 valence electrons. The molecule has 0 saturated heterocycles. The second kappa shape index (κ2) is 9.33. The van der Waals surface area contributed by atoms with Gasteiger partial charge in [0.15, 0.2) is 12.3 Å².